The van der Waals surface area contributed by atoms with Crippen molar-refractivity contribution in [1.82, 2.24) is 4.98 Å². The Morgan fingerprint density at radius 1 is 0.917 bits per heavy atom. The summed E-state index contributed by atoms with van der Waals surface area (Å²) in [5, 5.41) is 2.41. The third-order valence-electron chi connectivity index (χ3n) is 5.06. The lowest BCUT2D eigenvalue weighted by atomic mass is 9.81. The van der Waals surface area contributed by atoms with Crippen LogP contribution in [0.3, 0.4) is 0 Å². The highest BCUT2D eigenvalue weighted by Crippen LogP contribution is 2.39. The van der Waals surface area contributed by atoms with Crippen molar-refractivity contribution in [1.29, 1.82) is 0 Å². The van der Waals surface area contributed by atoms with E-state index in [0.29, 0.717) is 0 Å². The van der Waals surface area contributed by atoms with E-state index in [1.54, 1.807) is 0 Å². The van der Waals surface area contributed by atoms with E-state index in [4.69, 9.17) is 0 Å². The number of rotatable bonds is 2. The Balaban J connectivity index is 1.81. The van der Waals surface area contributed by atoms with Gasteiger partial charge in [0.05, 0.1) is 5.41 Å². The Labute approximate surface area is 142 Å². The van der Waals surface area contributed by atoms with E-state index >= 15 is 0 Å². The van der Waals surface area contributed by atoms with Crippen molar-refractivity contribution < 1.29 is 4.58 Å². The van der Waals surface area contributed by atoms with Crippen LogP contribution in [0.5, 0.6) is 0 Å². The minimum atomic E-state index is -0.000143. The molecule has 1 aliphatic heterocycles. The molecule has 2 heterocycles. The molecule has 0 saturated heterocycles. The van der Waals surface area contributed by atoms with Gasteiger partial charge in [0.25, 0.3) is 0 Å². The van der Waals surface area contributed by atoms with Crippen molar-refractivity contribution in [2.24, 2.45) is 0 Å². The fourth-order valence-corrected chi connectivity index (χ4v) is 3.74. The largest absolute Gasteiger partial charge is 0.263 e. The quantitative estimate of drug-likeness (QED) is 0.611. The van der Waals surface area contributed by atoms with Gasteiger partial charge in [0.2, 0.25) is 5.69 Å². The van der Waals surface area contributed by atoms with Crippen LogP contribution in [-0.2, 0) is 5.41 Å². The zero-order valence-electron chi connectivity index (χ0n) is 14.3. The number of benzene rings is 2. The van der Waals surface area contributed by atoms with Crippen LogP contribution in [0.2, 0.25) is 0 Å². The Morgan fingerprint density at radius 2 is 1.67 bits per heavy atom. The summed E-state index contributed by atoms with van der Waals surface area (Å²) in [4.78, 5) is 4.38. The van der Waals surface area contributed by atoms with Gasteiger partial charge in [-0.1, -0.05) is 42.5 Å². The number of pyridine rings is 1. The lowest BCUT2D eigenvalue weighted by Crippen LogP contribution is -2.26. The molecule has 2 nitrogen and oxygen atoms in total. The molecule has 0 unspecified atom stereocenters. The molecule has 1 aliphatic rings. The maximum absolute atomic E-state index is 4.38. The zero-order valence-corrected chi connectivity index (χ0v) is 14.3. The zero-order chi connectivity index (χ0) is 16.7. The van der Waals surface area contributed by atoms with Gasteiger partial charge in [-0.15, -0.1) is 0 Å². The normalized spacial score (nSPS) is 16.1. The number of hydrogen-bond donors (Lipinski definition) is 0. The molecule has 4 rings (SSSR count). The smallest absolute Gasteiger partial charge is 0.209 e. The molecule has 0 fully saturated rings. The standard InChI is InChI=1S/C22H21N2/c1-22(2)19-10-6-7-11-20(19)24(3)21(22)13-12-17-15-23-14-16-8-4-5-9-18(16)17/h4-15H,1-3H3/q+1. The third kappa shape index (κ3) is 2.18. The molecular weight excluding hydrogens is 292 g/mol. The lowest BCUT2D eigenvalue weighted by Gasteiger charge is -2.15. The summed E-state index contributed by atoms with van der Waals surface area (Å²) in [5.74, 6) is 0. The van der Waals surface area contributed by atoms with Gasteiger partial charge in [-0.25, -0.2) is 0 Å². The van der Waals surface area contributed by atoms with Gasteiger partial charge in [-0.2, -0.15) is 4.58 Å². The Morgan fingerprint density at radius 3 is 2.50 bits per heavy atom. The number of hydrogen-bond acceptors (Lipinski definition) is 1. The molecule has 3 aromatic rings. The van der Waals surface area contributed by atoms with Crippen molar-refractivity contribution in [3.63, 3.8) is 0 Å². The van der Waals surface area contributed by atoms with E-state index in [2.05, 4.69) is 91.1 Å². The first-order valence-electron chi connectivity index (χ1n) is 8.30. The highest BCUT2D eigenvalue weighted by atomic mass is 15.0. The number of nitrogens with zero attached hydrogens (tertiary/aromatic N) is 2. The van der Waals surface area contributed by atoms with Gasteiger partial charge in [-0.05, 0) is 25.3 Å². The van der Waals surface area contributed by atoms with E-state index in [1.165, 1.54) is 27.7 Å². The maximum Gasteiger partial charge on any atom is 0.209 e. The van der Waals surface area contributed by atoms with Crippen molar-refractivity contribution >= 4 is 28.2 Å². The van der Waals surface area contributed by atoms with Crippen LogP contribution in [0, 0.1) is 0 Å². The first kappa shape index (κ1) is 14.8. The van der Waals surface area contributed by atoms with Crippen LogP contribution >= 0.6 is 0 Å². The van der Waals surface area contributed by atoms with E-state index in [0.717, 1.165) is 5.56 Å². The second-order valence-electron chi connectivity index (χ2n) is 6.87. The highest BCUT2D eigenvalue weighted by Gasteiger charge is 2.42. The summed E-state index contributed by atoms with van der Waals surface area (Å²) in [6.07, 6.45) is 8.29. The Kier molecular flexibility index (Phi) is 3.34. The van der Waals surface area contributed by atoms with Crippen LogP contribution < -0.4 is 0 Å². The molecule has 0 N–H and O–H groups in total. The van der Waals surface area contributed by atoms with Crippen LogP contribution in [0.25, 0.3) is 16.8 Å². The minimum absolute atomic E-state index is 0.000143. The fourth-order valence-electron chi connectivity index (χ4n) is 3.74. The average molecular weight is 313 g/mol. The average Bonchev–Trinajstić information content (AvgIpc) is 2.80. The van der Waals surface area contributed by atoms with Gasteiger partial charge in [0.15, 0.2) is 5.71 Å². The van der Waals surface area contributed by atoms with Crippen molar-refractivity contribution in [3.8, 4) is 0 Å². The van der Waals surface area contributed by atoms with E-state index in [9.17, 15) is 0 Å². The van der Waals surface area contributed by atoms with E-state index in [1.807, 2.05) is 12.4 Å². The number of allylic oxidation sites excluding steroid dienone is 1. The first-order chi connectivity index (χ1) is 11.6. The topological polar surface area (TPSA) is 15.9 Å². The molecule has 2 aromatic carbocycles. The summed E-state index contributed by atoms with van der Waals surface area (Å²) in [5.41, 5.74) is 5.12. The Hall–Kier alpha value is -2.74. The molecule has 0 bridgehead atoms. The van der Waals surface area contributed by atoms with Crippen LogP contribution in [0.15, 0.2) is 67.0 Å². The molecule has 0 amide bonds. The molecule has 0 atom stereocenters. The van der Waals surface area contributed by atoms with Crippen LogP contribution in [-0.4, -0.2) is 22.3 Å². The molecule has 24 heavy (non-hydrogen) atoms. The first-order valence-corrected chi connectivity index (χ1v) is 8.30. The maximum atomic E-state index is 4.38. The van der Waals surface area contributed by atoms with E-state index in [-0.39, 0.29) is 5.41 Å². The van der Waals surface area contributed by atoms with Crippen molar-refractivity contribution in [3.05, 3.63) is 78.1 Å². The highest BCUT2D eigenvalue weighted by molar-refractivity contribution is 6.06. The summed E-state index contributed by atoms with van der Waals surface area (Å²) in [6, 6.07) is 17.0. The van der Waals surface area contributed by atoms with Gasteiger partial charge < -0.3 is 0 Å². The van der Waals surface area contributed by atoms with Gasteiger partial charge >= 0.3 is 0 Å². The second-order valence-corrected chi connectivity index (χ2v) is 6.87. The number of aromatic nitrogens is 1. The van der Waals surface area contributed by atoms with Crippen molar-refractivity contribution in [2.75, 3.05) is 7.05 Å². The van der Waals surface area contributed by atoms with Gasteiger partial charge in [0, 0.05) is 41.0 Å². The monoisotopic (exact) mass is 313 g/mol. The van der Waals surface area contributed by atoms with Crippen LogP contribution in [0.4, 0.5) is 5.69 Å². The number of para-hydroxylation sites is 1. The summed E-state index contributed by atoms with van der Waals surface area (Å²) < 4.78 is 2.30. The van der Waals surface area contributed by atoms with E-state index < -0.39 is 0 Å². The van der Waals surface area contributed by atoms with Gasteiger partial charge in [-0.3, -0.25) is 4.98 Å². The van der Waals surface area contributed by atoms with Crippen molar-refractivity contribution in [2.45, 2.75) is 19.3 Å². The molecule has 0 aliphatic carbocycles. The fraction of sp³-hybridized carbons (Fsp3) is 0.182. The molecule has 0 spiro atoms. The minimum Gasteiger partial charge on any atom is -0.263 e. The molecule has 0 radical (unpaired) electrons. The molecule has 0 saturated carbocycles. The molecular formula is C22H21N2+. The summed E-state index contributed by atoms with van der Waals surface area (Å²) in [6.45, 7) is 4.58. The van der Waals surface area contributed by atoms with Crippen LogP contribution in [0.1, 0.15) is 25.0 Å². The lowest BCUT2D eigenvalue weighted by molar-refractivity contribution is -0.401. The third-order valence-corrected chi connectivity index (χ3v) is 5.06. The summed E-state index contributed by atoms with van der Waals surface area (Å²) in [7, 11) is 2.15. The molecule has 1 aromatic heterocycles. The predicted octanol–water partition coefficient (Wildman–Crippen LogP) is 4.95. The SMILES string of the molecule is C[N+]1=C(/C=C/c2cncc3ccccc23)C(C)(C)c2ccccc21. The van der Waals surface area contributed by atoms with Gasteiger partial charge in [0.1, 0.15) is 7.05 Å². The number of fused-ring (bicyclic) bond motifs is 2. The predicted molar refractivity (Wildman–Crippen MR) is 101 cm³/mol. The molecule has 118 valence electrons. The summed E-state index contributed by atoms with van der Waals surface area (Å²) >= 11 is 0. The Bertz CT molecular complexity index is 988. The second kappa shape index (κ2) is 5.41. The molecule has 2 heteroatoms.